The van der Waals surface area contributed by atoms with E-state index in [0.29, 0.717) is 6.54 Å². The molecule has 20 heavy (non-hydrogen) atoms. The van der Waals surface area contributed by atoms with Crippen LogP contribution in [0.2, 0.25) is 0 Å². The second-order valence-electron chi connectivity index (χ2n) is 5.80. The van der Waals surface area contributed by atoms with Crippen molar-refractivity contribution >= 4 is 17.2 Å². The van der Waals surface area contributed by atoms with E-state index in [1.54, 1.807) is 4.88 Å². The summed E-state index contributed by atoms with van der Waals surface area (Å²) < 4.78 is 0. The summed E-state index contributed by atoms with van der Waals surface area (Å²) in [6.07, 6.45) is 3.81. The molecule has 0 saturated carbocycles. The molecule has 1 aliphatic heterocycles. The lowest BCUT2D eigenvalue weighted by Crippen LogP contribution is -2.49. The van der Waals surface area contributed by atoms with Gasteiger partial charge in [0.2, 0.25) is 5.91 Å². The standard InChI is InChI=1S/C15H23N3OS/c1-17-5-7-18(8-6-17)15(19)11-16-10-13-9-12-3-2-4-14(12)20-13/h9,16H,2-8,10-11H2,1H3. The highest BCUT2D eigenvalue weighted by Crippen LogP contribution is 2.30. The van der Waals surface area contributed by atoms with Crippen molar-refractivity contribution < 1.29 is 4.79 Å². The van der Waals surface area contributed by atoms with Crippen LogP contribution in [0.3, 0.4) is 0 Å². The first-order chi connectivity index (χ1) is 9.72. The van der Waals surface area contributed by atoms with E-state index in [4.69, 9.17) is 0 Å². The number of amides is 1. The third-order valence-electron chi connectivity index (χ3n) is 4.23. The minimum absolute atomic E-state index is 0.238. The largest absolute Gasteiger partial charge is 0.339 e. The summed E-state index contributed by atoms with van der Waals surface area (Å²) >= 11 is 1.92. The predicted octanol–water partition coefficient (Wildman–Crippen LogP) is 1.10. The maximum Gasteiger partial charge on any atom is 0.236 e. The molecule has 3 rings (SSSR count). The molecule has 0 aromatic carbocycles. The van der Waals surface area contributed by atoms with Crippen molar-refractivity contribution in [2.24, 2.45) is 0 Å². The molecule has 0 atom stereocenters. The number of carbonyl (C=O) groups is 1. The molecule has 1 aromatic heterocycles. The van der Waals surface area contributed by atoms with Gasteiger partial charge in [0, 0.05) is 42.5 Å². The number of likely N-dealkylation sites (N-methyl/N-ethyl adjacent to an activating group) is 1. The Kier molecular flexibility index (Phi) is 4.38. The fourth-order valence-electron chi connectivity index (χ4n) is 2.94. The Morgan fingerprint density at radius 3 is 2.85 bits per heavy atom. The van der Waals surface area contributed by atoms with Crippen LogP contribution < -0.4 is 5.32 Å². The van der Waals surface area contributed by atoms with E-state index in [0.717, 1.165) is 32.7 Å². The van der Waals surface area contributed by atoms with Crippen LogP contribution in [0, 0.1) is 0 Å². The van der Waals surface area contributed by atoms with Crippen molar-refractivity contribution in [3.05, 3.63) is 21.4 Å². The Hall–Kier alpha value is -0.910. The normalized spacial score (nSPS) is 19.4. The predicted molar refractivity (Wildman–Crippen MR) is 82.1 cm³/mol. The minimum Gasteiger partial charge on any atom is -0.339 e. The SMILES string of the molecule is CN1CCN(C(=O)CNCc2cc3c(s2)CCC3)CC1. The lowest BCUT2D eigenvalue weighted by Gasteiger charge is -2.32. The quantitative estimate of drug-likeness (QED) is 0.903. The highest BCUT2D eigenvalue weighted by molar-refractivity contribution is 7.12. The van der Waals surface area contributed by atoms with Crippen LogP contribution in [0.5, 0.6) is 0 Å². The smallest absolute Gasteiger partial charge is 0.236 e. The Balaban J connectivity index is 1.41. The molecule has 1 N–H and O–H groups in total. The summed E-state index contributed by atoms with van der Waals surface area (Å²) in [5.74, 6) is 0.238. The molecule has 0 spiro atoms. The van der Waals surface area contributed by atoms with Gasteiger partial charge in [0.05, 0.1) is 6.54 Å². The van der Waals surface area contributed by atoms with Crippen LogP contribution >= 0.6 is 11.3 Å². The lowest BCUT2D eigenvalue weighted by atomic mass is 10.2. The van der Waals surface area contributed by atoms with Crippen LogP contribution in [-0.2, 0) is 24.2 Å². The number of carbonyl (C=O) groups excluding carboxylic acids is 1. The van der Waals surface area contributed by atoms with Gasteiger partial charge in [-0.3, -0.25) is 4.79 Å². The van der Waals surface area contributed by atoms with Crippen molar-refractivity contribution in [1.29, 1.82) is 0 Å². The van der Waals surface area contributed by atoms with Crippen molar-refractivity contribution in [3.8, 4) is 0 Å². The third-order valence-corrected chi connectivity index (χ3v) is 5.47. The molecule has 0 unspecified atom stereocenters. The van der Waals surface area contributed by atoms with Crippen molar-refractivity contribution in [2.45, 2.75) is 25.8 Å². The topological polar surface area (TPSA) is 35.6 Å². The lowest BCUT2D eigenvalue weighted by molar-refractivity contribution is -0.131. The number of nitrogens with zero attached hydrogens (tertiary/aromatic N) is 2. The van der Waals surface area contributed by atoms with E-state index in [2.05, 4.69) is 23.3 Å². The van der Waals surface area contributed by atoms with Crippen LogP contribution in [0.4, 0.5) is 0 Å². The molecule has 1 saturated heterocycles. The number of thiophene rings is 1. The van der Waals surface area contributed by atoms with Crippen LogP contribution in [0.25, 0.3) is 0 Å². The number of hydrogen-bond acceptors (Lipinski definition) is 4. The van der Waals surface area contributed by atoms with Gasteiger partial charge in [-0.15, -0.1) is 11.3 Å². The molecular weight excluding hydrogens is 270 g/mol. The molecule has 0 radical (unpaired) electrons. The minimum atomic E-state index is 0.238. The van der Waals surface area contributed by atoms with Gasteiger partial charge in [0.15, 0.2) is 0 Å². The summed E-state index contributed by atoms with van der Waals surface area (Å²) in [6, 6.07) is 2.32. The number of fused-ring (bicyclic) bond motifs is 1. The van der Waals surface area contributed by atoms with E-state index in [-0.39, 0.29) is 5.91 Å². The molecular formula is C15H23N3OS. The summed E-state index contributed by atoms with van der Waals surface area (Å²) in [5.41, 5.74) is 1.54. The molecule has 2 aliphatic rings. The van der Waals surface area contributed by atoms with E-state index < -0.39 is 0 Å². The van der Waals surface area contributed by atoms with Gasteiger partial charge < -0.3 is 15.1 Å². The first-order valence-corrected chi connectivity index (χ1v) is 8.31. The second-order valence-corrected chi connectivity index (χ2v) is 7.02. The van der Waals surface area contributed by atoms with Gasteiger partial charge in [-0.2, -0.15) is 0 Å². The van der Waals surface area contributed by atoms with Gasteiger partial charge >= 0.3 is 0 Å². The van der Waals surface area contributed by atoms with E-state index in [9.17, 15) is 4.79 Å². The summed E-state index contributed by atoms with van der Waals surface area (Å²) in [4.78, 5) is 19.3. The van der Waals surface area contributed by atoms with E-state index in [1.807, 2.05) is 16.2 Å². The van der Waals surface area contributed by atoms with Crippen molar-refractivity contribution in [1.82, 2.24) is 15.1 Å². The number of aryl methyl sites for hydroxylation is 2. The monoisotopic (exact) mass is 293 g/mol. The van der Waals surface area contributed by atoms with Crippen molar-refractivity contribution in [3.63, 3.8) is 0 Å². The molecule has 110 valence electrons. The maximum atomic E-state index is 12.1. The fraction of sp³-hybridized carbons (Fsp3) is 0.667. The van der Waals surface area contributed by atoms with Crippen LogP contribution in [-0.4, -0.2) is 55.5 Å². The Morgan fingerprint density at radius 1 is 1.30 bits per heavy atom. The number of nitrogens with one attached hydrogen (secondary N) is 1. The zero-order valence-corrected chi connectivity index (χ0v) is 13.0. The Bertz CT molecular complexity index is 456. The Morgan fingerprint density at radius 2 is 2.10 bits per heavy atom. The molecule has 1 aromatic rings. The molecule has 1 aliphatic carbocycles. The molecule has 1 amide bonds. The van der Waals surface area contributed by atoms with Gasteiger partial charge in [-0.25, -0.2) is 0 Å². The maximum absolute atomic E-state index is 12.1. The fourth-order valence-corrected chi connectivity index (χ4v) is 4.17. The Labute approximate surface area is 124 Å². The number of rotatable bonds is 4. The number of hydrogen-bond donors (Lipinski definition) is 1. The second kappa shape index (κ2) is 6.24. The molecule has 1 fully saturated rings. The molecule has 0 bridgehead atoms. The van der Waals surface area contributed by atoms with Gasteiger partial charge in [-0.05, 0) is 37.9 Å². The zero-order valence-electron chi connectivity index (χ0n) is 12.2. The molecule has 2 heterocycles. The van der Waals surface area contributed by atoms with E-state index >= 15 is 0 Å². The third kappa shape index (κ3) is 3.22. The van der Waals surface area contributed by atoms with Crippen LogP contribution in [0.15, 0.2) is 6.07 Å². The first kappa shape index (κ1) is 14.0. The highest BCUT2D eigenvalue weighted by Gasteiger charge is 2.19. The summed E-state index contributed by atoms with van der Waals surface area (Å²) in [6.45, 7) is 5.00. The average Bonchev–Trinajstić information content (AvgIpc) is 3.00. The number of piperazine rings is 1. The highest BCUT2D eigenvalue weighted by atomic mass is 32.1. The first-order valence-electron chi connectivity index (χ1n) is 7.50. The average molecular weight is 293 g/mol. The van der Waals surface area contributed by atoms with Gasteiger partial charge in [0.25, 0.3) is 0 Å². The molecule has 5 heteroatoms. The van der Waals surface area contributed by atoms with Crippen molar-refractivity contribution in [2.75, 3.05) is 39.8 Å². The summed E-state index contributed by atoms with van der Waals surface area (Å²) in [5, 5.41) is 3.30. The van der Waals surface area contributed by atoms with E-state index in [1.165, 1.54) is 29.7 Å². The summed E-state index contributed by atoms with van der Waals surface area (Å²) in [7, 11) is 2.11. The zero-order chi connectivity index (χ0) is 13.9. The van der Waals surface area contributed by atoms with Gasteiger partial charge in [-0.1, -0.05) is 0 Å². The molecule has 4 nitrogen and oxygen atoms in total. The van der Waals surface area contributed by atoms with Crippen LogP contribution in [0.1, 0.15) is 21.7 Å². The van der Waals surface area contributed by atoms with Gasteiger partial charge in [0.1, 0.15) is 0 Å².